The molecule has 3 aliphatic heterocycles. The molecule has 1 aromatic carbocycles. The van der Waals surface area contributed by atoms with Gasteiger partial charge in [-0.25, -0.2) is 4.63 Å². The van der Waals surface area contributed by atoms with Crippen molar-refractivity contribution in [3.63, 3.8) is 0 Å². The van der Waals surface area contributed by atoms with Gasteiger partial charge in [-0.15, -0.1) is 0 Å². The molecule has 4 aliphatic rings. The second kappa shape index (κ2) is 6.16. The highest BCUT2D eigenvalue weighted by molar-refractivity contribution is 5.80. The summed E-state index contributed by atoms with van der Waals surface area (Å²) in [4.78, 5) is 2.46. The summed E-state index contributed by atoms with van der Waals surface area (Å²) in [5.74, 6) is 1.62. The quantitative estimate of drug-likeness (QED) is 0.696. The van der Waals surface area contributed by atoms with Crippen molar-refractivity contribution in [1.29, 1.82) is 5.26 Å². The van der Waals surface area contributed by atoms with Crippen molar-refractivity contribution >= 4 is 16.9 Å². The van der Waals surface area contributed by atoms with Gasteiger partial charge in [-0.3, -0.25) is 5.10 Å². The number of fused-ring (bicyclic) bond motifs is 5. The molecule has 2 saturated heterocycles. The topological polar surface area (TPSA) is 107 Å². The van der Waals surface area contributed by atoms with E-state index in [1.165, 1.54) is 12.8 Å². The fourth-order valence-corrected chi connectivity index (χ4v) is 5.72. The van der Waals surface area contributed by atoms with Crippen molar-refractivity contribution in [2.75, 3.05) is 18.9 Å². The van der Waals surface area contributed by atoms with Crippen LogP contribution in [0.1, 0.15) is 36.3 Å². The lowest BCUT2D eigenvalue weighted by molar-refractivity contribution is 0.0350. The zero-order chi connectivity index (χ0) is 19.5. The Kier molecular flexibility index (Phi) is 3.56. The average molecular weight is 387 g/mol. The van der Waals surface area contributed by atoms with Crippen molar-refractivity contribution in [3.05, 3.63) is 46.8 Å². The Morgan fingerprint density at radius 2 is 2.17 bits per heavy atom. The van der Waals surface area contributed by atoms with Crippen LogP contribution >= 0.6 is 0 Å². The Balaban J connectivity index is 1.55. The van der Waals surface area contributed by atoms with Crippen LogP contribution in [-0.2, 0) is 0 Å². The van der Waals surface area contributed by atoms with Crippen LogP contribution in [0, 0.1) is 23.2 Å². The second-order valence-corrected chi connectivity index (χ2v) is 8.47. The Morgan fingerprint density at radius 3 is 3.00 bits per heavy atom. The molecule has 7 rings (SSSR count). The SMILES string of the molecule is CN1C[C@@H]2CC[C@H]1[C@H](C1=C(C#N)C(c3cccc4nonc34)c3cn[nH]c3N1)C2. The Morgan fingerprint density at radius 1 is 1.24 bits per heavy atom. The van der Waals surface area contributed by atoms with E-state index in [9.17, 15) is 5.26 Å². The molecule has 1 saturated carbocycles. The number of nitrogens with zero attached hydrogens (tertiary/aromatic N) is 5. The van der Waals surface area contributed by atoms with Crippen LogP contribution in [-0.4, -0.2) is 45.0 Å². The predicted molar refractivity (Wildman–Crippen MR) is 106 cm³/mol. The normalized spacial score (nSPS) is 29.0. The number of nitriles is 1. The lowest BCUT2D eigenvalue weighted by atomic mass is 9.69. The molecule has 146 valence electrons. The number of H-pyrrole nitrogens is 1. The molecule has 8 heteroatoms. The third-order valence-corrected chi connectivity index (χ3v) is 6.97. The lowest BCUT2D eigenvalue weighted by Gasteiger charge is -2.50. The van der Waals surface area contributed by atoms with Gasteiger partial charge in [0.15, 0.2) is 0 Å². The summed E-state index contributed by atoms with van der Waals surface area (Å²) < 4.78 is 4.99. The maximum atomic E-state index is 10.3. The number of nitrogens with one attached hydrogen (secondary N) is 2. The maximum Gasteiger partial charge on any atom is 0.139 e. The molecule has 0 radical (unpaired) electrons. The molecule has 1 unspecified atom stereocenters. The van der Waals surface area contributed by atoms with E-state index in [2.05, 4.69) is 43.8 Å². The van der Waals surface area contributed by atoms with E-state index in [0.717, 1.165) is 41.2 Å². The molecule has 0 amide bonds. The first-order valence-corrected chi connectivity index (χ1v) is 10.1. The summed E-state index contributed by atoms with van der Waals surface area (Å²) in [7, 11) is 2.21. The molecule has 0 spiro atoms. The molecule has 4 atom stereocenters. The number of aromatic amines is 1. The van der Waals surface area contributed by atoms with E-state index >= 15 is 0 Å². The average Bonchev–Trinajstić information content (AvgIpc) is 3.41. The summed E-state index contributed by atoms with van der Waals surface area (Å²) in [5, 5.41) is 29.3. The molecule has 2 aromatic heterocycles. The monoisotopic (exact) mass is 387 g/mol. The number of aromatic nitrogens is 4. The van der Waals surface area contributed by atoms with Crippen LogP contribution < -0.4 is 5.32 Å². The van der Waals surface area contributed by atoms with E-state index in [4.69, 9.17) is 4.63 Å². The zero-order valence-corrected chi connectivity index (χ0v) is 16.1. The van der Waals surface area contributed by atoms with Crippen LogP contribution in [0.2, 0.25) is 0 Å². The molecule has 8 nitrogen and oxygen atoms in total. The number of hydrogen-bond donors (Lipinski definition) is 2. The van der Waals surface area contributed by atoms with Gasteiger partial charge in [-0.1, -0.05) is 12.1 Å². The summed E-state index contributed by atoms with van der Waals surface area (Å²) in [5.41, 5.74) is 5.05. The van der Waals surface area contributed by atoms with Gasteiger partial charge in [0, 0.05) is 29.8 Å². The fraction of sp³-hybridized carbons (Fsp3) is 0.429. The third kappa shape index (κ3) is 2.37. The molecule has 2 N–H and O–H groups in total. The summed E-state index contributed by atoms with van der Waals surface area (Å²) in [6.45, 7) is 1.15. The summed E-state index contributed by atoms with van der Waals surface area (Å²) >= 11 is 0. The first-order valence-electron chi connectivity index (χ1n) is 10.1. The van der Waals surface area contributed by atoms with Gasteiger partial charge in [0.2, 0.25) is 0 Å². The van der Waals surface area contributed by atoms with E-state index in [-0.39, 0.29) is 5.92 Å². The number of hydrogen-bond acceptors (Lipinski definition) is 7. The van der Waals surface area contributed by atoms with Crippen molar-refractivity contribution in [2.45, 2.75) is 31.2 Å². The molecule has 3 aromatic rings. The van der Waals surface area contributed by atoms with Gasteiger partial charge < -0.3 is 10.2 Å². The molecule has 2 bridgehead atoms. The first-order chi connectivity index (χ1) is 14.2. The van der Waals surface area contributed by atoms with E-state index < -0.39 is 0 Å². The number of piperidine rings is 2. The van der Waals surface area contributed by atoms with Gasteiger partial charge in [-0.2, -0.15) is 10.4 Å². The number of anilines is 1. The first kappa shape index (κ1) is 16.7. The standard InChI is InChI=1S/C21H21N7O/c1-28-10-11-5-6-17(28)13(7-11)19-14(8-22)18(15-9-23-25-21(15)24-19)12-3-2-4-16-20(12)27-29-26-16/h2-4,9,11,13,17-18H,5-7,10H2,1H3,(H2,23,24,25)/t11-,13-,17+,18?/m1/s1. The van der Waals surface area contributed by atoms with Crippen LogP contribution in [0.3, 0.4) is 0 Å². The van der Waals surface area contributed by atoms with Gasteiger partial charge in [0.25, 0.3) is 0 Å². The molecule has 1 aliphatic carbocycles. The Hall–Kier alpha value is -3.18. The van der Waals surface area contributed by atoms with Crippen LogP contribution in [0.4, 0.5) is 5.82 Å². The lowest BCUT2D eigenvalue weighted by Crippen LogP contribution is -2.52. The predicted octanol–water partition coefficient (Wildman–Crippen LogP) is 3.01. The minimum absolute atomic E-state index is 0.244. The second-order valence-electron chi connectivity index (χ2n) is 8.47. The minimum Gasteiger partial charge on any atom is -0.343 e. The highest BCUT2D eigenvalue weighted by Gasteiger charge is 2.44. The Labute approximate surface area is 167 Å². The number of benzene rings is 1. The van der Waals surface area contributed by atoms with E-state index in [1.807, 2.05) is 18.2 Å². The molecular formula is C21H21N7O. The highest BCUT2D eigenvalue weighted by atomic mass is 16.6. The van der Waals surface area contributed by atoms with Crippen LogP contribution in [0.15, 0.2) is 40.3 Å². The van der Waals surface area contributed by atoms with Gasteiger partial charge in [-0.05, 0) is 54.2 Å². The summed E-state index contributed by atoms with van der Waals surface area (Å²) in [6, 6.07) is 8.82. The molecule has 3 fully saturated rings. The van der Waals surface area contributed by atoms with Crippen molar-refractivity contribution in [3.8, 4) is 6.07 Å². The number of rotatable bonds is 2. The van der Waals surface area contributed by atoms with Crippen molar-refractivity contribution < 1.29 is 4.63 Å². The molecule has 5 heterocycles. The van der Waals surface area contributed by atoms with Gasteiger partial charge in [0.1, 0.15) is 16.9 Å². The van der Waals surface area contributed by atoms with Crippen molar-refractivity contribution in [1.82, 2.24) is 25.4 Å². The largest absolute Gasteiger partial charge is 0.343 e. The fourth-order valence-electron chi connectivity index (χ4n) is 5.72. The zero-order valence-electron chi connectivity index (χ0n) is 16.1. The van der Waals surface area contributed by atoms with Crippen molar-refractivity contribution in [2.24, 2.45) is 11.8 Å². The van der Waals surface area contributed by atoms with Gasteiger partial charge in [0.05, 0.1) is 23.8 Å². The number of allylic oxidation sites excluding steroid dienone is 1. The van der Waals surface area contributed by atoms with E-state index in [0.29, 0.717) is 28.9 Å². The van der Waals surface area contributed by atoms with Gasteiger partial charge >= 0.3 is 0 Å². The molecule has 29 heavy (non-hydrogen) atoms. The van der Waals surface area contributed by atoms with Crippen LogP contribution in [0.25, 0.3) is 11.0 Å². The minimum atomic E-state index is -0.244. The highest BCUT2D eigenvalue weighted by Crippen LogP contribution is 2.48. The Bertz CT molecular complexity index is 1170. The third-order valence-electron chi connectivity index (χ3n) is 6.97. The van der Waals surface area contributed by atoms with E-state index in [1.54, 1.807) is 6.20 Å². The smallest absolute Gasteiger partial charge is 0.139 e. The summed E-state index contributed by atoms with van der Waals surface area (Å²) in [6.07, 6.45) is 5.38. The van der Waals surface area contributed by atoms with Crippen LogP contribution in [0.5, 0.6) is 0 Å². The maximum absolute atomic E-state index is 10.3. The molecular weight excluding hydrogens is 366 g/mol.